The summed E-state index contributed by atoms with van der Waals surface area (Å²) in [6, 6.07) is 1.78. The van der Waals surface area contributed by atoms with Crippen molar-refractivity contribution in [3.05, 3.63) is 16.5 Å². The summed E-state index contributed by atoms with van der Waals surface area (Å²) < 4.78 is 28.1. The zero-order valence-electron chi connectivity index (χ0n) is 11.9. The molecule has 116 valence electrons. The minimum absolute atomic E-state index is 0. The number of nitrogens with two attached hydrogens (primary N) is 1. The van der Waals surface area contributed by atoms with Crippen molar-refractivity contribution < 1.29 is 8.42 Å². The van der Waals surface area contributed by atoms with Gasteiger partial charge in [-0.1, -0.05) is 12.8 Å². The fraction of sp³-hybridized carbons (Fsp3) is 0.692. The smallest absolute Gasteiger partial charge is 0.250 e. The van der Waals surface area contributed by atoms with Crippen molar-refractivity contribution >= 4 is 33.8 Å². The third-order valence-electron chi connectivity index (χ3n) is 3.77. The maximum atomic E-state index is 12.4. The number of nitrogens with one attached hydrogen (secondary N) is 1. The van der Waals surface area contributed by atoms with E-state index in [1.165, 1.54) is 24.2 Å². The van der Waals surface area contributed by atoms with Gasteiger partial charge in [0.05, 0.1) is 0 Å². The topological polar surface area (TPSA) is 72.2 Å². The monoisotopic (exact) mass is 338 g/mol. The molecule has 1 fully saturated rings. The minimum atomic E-state index is -3.43. The Labute approximate surface area is 131 Å². The number of hydrogen-bond donors (Lipinski definition) is 2. The second kappa shape index (κ2) is 7.22. The Balaban J connectivity index is 0.00000200. The van der Waals surface area contributed by atoms with Crippen LogP contribution in [0.15, 0.2) is 10.3 Å². The Hall–Kier alpha value is -0.140. The van der Waals surface area contributed by atoms with Gasteiger partial charge in [-0.15, -0.1) is 23.7 Å². The van der Waals surface area contributed by atoms with Crippen LogP contribution in [0.2, 0.25) is 0 Å². The van der Waals surface area contributed by atoms with Gasteiger partial charge >= 0.3 is 0 Å². The van der Waals surface area contributed by atoms with Crippen molar-refractivity contribution in [3.63, 3.8) is 0 Å². The average Bonchev–Trinajstić information content (AvgIpc) is 2.96. The number of thiophene rings is 1. The third kappa shape index (κ3) is 3.95. The van der Waals surface area contributed by atoms with E-state index in [4.69, 9.17) is 5.73 Å². The second-order valence-electron chi connectivity index (χ2n) is 5.34. The summed E-state index contributed by atoms with van der Waals surface area (Å²) in [6.45, 7) is 4.13. The fourth-order valence-corrected chi connectivity index (χ4v) is 5.84. The lowest BCUT2D eigenvalue weighted by atomic mass is 9.99. The lowest BCUT2D eigenvalue weighted by molar-refractivity contribution is 0.406. The third-order valence-corrected chi connectivity index (χ3v) is 7.05. The number of hydrogen-bond acceptors (Lipinski definition) is 4. The molecule has 1 aliphatic rings. The lowest BCUT2D eigenvalue weighted by Crippen LogP contribution is -2.44. The van der Waals surface area contributed by atoms with Crippen LogP contribution in [0.5, 0.6) is 0 Å². The molecule has 1 atom stereocenters. The van der Waals surface area contributed by atoms with Crippen LogP contribution in [0.1, 0.15) is 36.1 Å². The summed E-state index contributed by atoms with van der Waals surface area (Å²) >= 11 is 1.33. The molecule has 0 saturated heterocycles. The SMILES string of the molecule is Cc1cc(C)c(S(=O)(=O)NC(CN)C2CCCC2)s1.Cl. The van der Waals surface area contributed by atoms with Gasteiger partial charge in [0.1, 0.15) is 4.21 Å². The van der Waals surface area contributed by atoms with Gasteiger partial charge in [0.15, 0.2) is 0 Å². The van der Waals surface area contributed by atoms with E-state index >= 15 is 0 Å². The zero-order valence-corrected chi connectivity index (χ0v) is 14.3. The van der Waals surface area contributed by atoms with Crippen molar-refractivity contribution in [3.8, 4) is 0 Å². The molecular formula is C13H23ClN2O2S2. The molecule has 1 aliphatic carbocycles. The van der Waals surface area contributed by atoms with E-state index in [2.05, 4.69) is 4.72 Å². The molecule has 1 aromatic rings. The van der Waals surface area contributed by atoms with E-state index in [1.54, 1.807) is 0 Å². The molecule has 1 unspecified atom stereocenters. The first-order valence-electron chi connectivity index (χ1n) is 6.73. The van der Waals surface area contributed by atoms with Gasteiger partial charge in [0.2, 0.25) is 0 Å². The molecular weight excluding hydrogens is 316 g/mol. The maximum Gasteiger partial charge on any atom is 0.250 e. The van der Waals surface area contributed by atoms with Crippen LogP contribution in [-0.2, 0) is 10.0 Å². The Bertz CT molecular complexity index is 537. The summed E-state index contributed by atoms with van der Waals surface area (Å²) in [5.74, 6) is 0.390. The Morgan fingerprint density at radius 2 is 2.00 bits per heavy atom. The van der Waals surface area contributed by atoms with Crippen molar-refractivity contribution in [2.45, 2.75) is 49.8 Å². The van der Waals surface area contributed by atoms with Gasteiger partial charge in [-0.05, 0) is 44.2 Å². The lowest BCUT2D eigenvalue weighted by Gasteiger charge is -2.22. The zero-order chi connectivity index (χ0) is 14.0. The standard InChI is InChI=1S/C13H22N2O2S2.ClH/c1-9-7-10(2)18-13(9)19(16,17)15-12(8-14)11-5-3-4-6-11;/h7,11-12,15H,3-6,8,14H2,1-2H3;1H. The molecule has 1 aromatic heterocycles. The van der Waals surface area contributed by atoms with Crippen molar-refractivity contribution in [1.82, 2.24) is 4.72 Å². The summed E-state index contributed by atoms with van der Waals surface area (Å²) in [4.78, 5) is 1.02. The molecule has 3 N–H and O–H groups in total. The molecule has 20 heavy (non-hydrogen) atoms. The first-order valence-corrected chi connectivity index (χ1v) is 9.03. The average molecular weight is 339 g/mol. The van der Waals surface area contributed by atoms with Crippen LogP contribution >= 0.6 is 23.7 Å². The normalized spacial score (nSPS) is 17.9. The van der Waals surface area contributed by atoms with Crippen LogP contribution in [0, 0.1) is 19.8 Å². The summed E-state index contributed by atoms with van der Waals surface area (Å²) in [5, 5.41) is 0. The fourth-order valence-electron chi connectivity index (χ4n) is 2.84. The van der Waals surface area contributed by atoms with E-state index < -0.39 is 10.0 Å². The molecule has 1 saturated carbocycles. The van der Waals surface area contributed by atoms with E-state index in [1.807, 2.05) is 19.9 Å². The van der Waals surface area contributed by atoms with Crippen LogP contribution in [0.4, 0.5) is 0 Å². The first kappa shape index (κ1) is 17.9. The first-order chi connectivity index (χ1) is 8.94. The van der Waals surface area contributed by atoms with Gasteiger partial charge in [-0.2, -0.15) is 0 Å². The predicted molar refractivity (Wildman–Crippen MR) is 86.2 cm³/mol. The highest BCUT2D eigenvalue weighted by Crippen LogP contribution is 2.30. The van der Waals surface area contributed by atoms with E-state index in [9.17, 15) is 8.42 Å². The van der Waals surface area contributed by atoms with E-state index in [-0.39, 0.29) is 18.4 Å². The van der Waals surface area contributed by atoms with Crippen LogP contribution < -0.4 is 10.5 Å². The molecule has 7 heteroatoms. The maximum absolute atomic E-state index is 12.4. The van der Waals surface area contributed by atoms with E-state index in [0.717, 1.165) is 23.3 Å². The van der Waals surface area contributed by atoms with Gasteiger partial charge in [-0.25, -0.2) is 13.1 Å². The Kier molecular flexibility index (Phi) is 6.47. The Morgan fingerprint density at radius 1 is 1.40 bits per heavy atom. The molecule has 0 bridgehead atoms. The predicted octanol–water partition coefficient (Wildman–Crippen LogP) is 2.58. The number of aryl methyl sites for hydroxylation is 2. The summed E-state index contributed by atoms with van der Waals surface area (Å²) in [6.07, 6.45) is 4.51. The summed E-state index contributed by atoms with van der Waals surface area (Å²) in [7, 11) is -3.43. The van der Waals surface area contributed by atoms with Crippen molar-refractivity contribution in [1.29, 1.82) is 0 Å². The minimum Gasteiger partial charge on any atom is -0.329 e. The molecule has 0 aromatic carbocycles. The largest absolute Gasteiger partial charge is 0.329 e. The number of rotatable bonds is 5. The number of sulfonamides is 1. The molecule has 4 nitrogen and oxygen atoms in total. The Morgan fingerprint density at radius 3 is 2.45 bits per heavy atom. The van der Waals surface area contributed by atoms with Crippen LogP contribution in [-0.4, -0.2) is 21.0 Å². The highest BCUT2D eigenvalue weighted by Gasteiger charge is 2.29. The number of halogens is 1. The van der Waals surface area contributed by atoms with Crippen molar-refractivity contribution in [2.75, 3.05) is 6.54 Å². The molecule has 1 heterocycles. The second-order valence-corrected chi connectivity index (χ2v) is 8.50. The quantitative estimate of drug-likeness (QED) is 0.866. The highest BCUT2D eigenvalue weighted by molar-refractivity contribution is 7.91. The van der Waals surface area contributed by atoms with Gasteiger partial charge in [0, 0.05) is 17.5 Å². The molecule has 2 rings (SSSR count). The summed E-state index contributed by atoms with van der Waals surface area (Å²) in [5.41, 5.74) is 6.57. The van der Waals surface area contributed by atoms with E-state index in [0.29, 0.717) is 16.7 Å². The highest BCUT2D eigenvalue weighted by atomic mass is 35.5. The van der Waals surface area contributed by atoms with Crippen molar-refractivity contribution in [2.24, 2.45) is 11.7 Å². The molecule has 0 radical (unpaired) electrons. The van der Waals surface area contributed by atoms with Gasteiger partial charge < -0.3 is 5.73 Å². The molecule has 0 amide bonds. The molecule has 0 spiro atoms. The van der Waals surface area contributed by atoms with Crippen LogP contribution in [0.25, 0.3) is 0 Å². The van der Waals surface area contributed by atoms with Crippen LogP contribution in [0.3, 0.4) is 0 Å². The van der Waals surface area contributed by atoms with Gasteiger partial charge in [0.25, 0.3) is 10.0 Å². The van der Waals surface area contributed by atoms with Gasteiger partial charge in [-0.3, -0.25) is 0 Å². The molecule has 0 aliphatic heterocycles.